The first kappa shape index (κ1) is 17.9. The topological polar surface area (TPSA) is 41.5 Å². The highest BCUT2D eigenvalue weighted by Crippen LogP contribution is 2.26. The quantitative estimate of drug-likeness (QED) is 0.605. The third-order valence-corrected chi connectivity index (χ3v) is 4.55. The lowest BCUT2D eigenvalue weighted by molar-refractivity contribution is 0.0344. The third-order valence-electron chi connectivity index (χ3n) is 3.13. The van der Waals surface area contributed by atoms with Gasteiger partial charge in [0.05, 0.1) is 17.0 Å². The van der Waals surface area contributed by atoms with Crippen LogP contribution in [0.4, 0.5) is 0 Å². The minimum Gasteiger partial charge on any atom is -0.389 e. The maximum atomic E-state index is 9.84. The molecule has 1 rings (SSSR count). The normalized spacial score (nSPS) is 14.4. The van der Waals surface area contributed by atoms with E-state index in [9.17, 15) is 5.11 Å². The predicted octanol–water partition coefficient (Wildman–Crippen LogP) is 4.01. The number of hydrogen-bond donors (Lipinski definition) is 2. The van der Waals surface area contributed by atoms with Gasteiger partial charge in [-0.25, -0.2) is 0 Å². The third kappa shape index (κ3) is 7.60. The summed E-state index contributed by atoms with van der Waals surface area (Å²) < 4.78 is 6.27. The Labute approximate surface area is 131 Å². The molecule has 3 nitrogen and oxygen atoms in total. The molecule has 0 saturated carbocycles. The van der Waals surface area contributed by atoms with Crippen LogP contribution in [-0.2, 0) is 4.74 Å². The molecule has 2 atom stereocenters. The largest absolute Gasteiger partial charge is 0.389 e. The molecular weight excluding hydrogens is 294 g/mol. The van der Waals surface area contributed by atoms with Crippen LogP contribution in [0.25, 0.3) is 0 Å². The van der Waals surface area contributed by atoms with E-state index in [1.54, 1.807) is 11.3 Å². The van der Waals surface area contributed by atoms with E-state index in [4.69, 9.17) is 16.3 Å². The van der Waals surface area contributed by atoms with Crippen LogP contribution in [0.15, 0.2) is 12.1 Å². The van der Waals surface area contributed by atoms with Gasteiger partial charge >= 0.3 is 0 Å². The predicted molar refractivity (Wildman–Crippen MR) is 86.7 cm³/mol. The summed E-state index contributed by atoms with van der Waals surface area (Å²) >= 11 is 7.48. The maximum Gasteiger partial charge on any atom is 0.0931 e. The molecule has 0 aliphatic rings. The van der Waals surface area contributed by atoms with E-state index in [0.717, 1.165) is 17.4 Å². The van der Waals surface area contributed by atoms with Crippen LogP contribution in [0, 0.1) is 0 Å². The molecule has 0 aliphatic carbocycles. The van der Waals surface area contributed by atoms with E-state index in [2.05, 4.69) is 19.2 Å². The molecule has 0 fully saturated rings. The molecule has 0 bridgehead atoms. The molecule has 116 valence electrons. The molecular formula is C15H26ClNO2S. The number of unbranched alkanes of at least 4 members (excludes halogenated alkanes) is 3. The zero-order chi connectivity index (χ0) is 14.8. The molecule has 0 aliphatic heterocycles. The van der Waals surface area contributed by atoms with Crippen LogP contribution < -0.4 is 5.32 Å². The van der Waals surface area contributed by atoms with E-state index in [1.165, 1.54) is 24.1 Å². The van der Waals surface area contributed by atoms with E-state index < -0.39 is 6.10 Å². The highest BCUT2D eigenvalue weighted by atomic mass is 35.5. The lowest BCUT2D eigenvalue weighted by Gasteiger charge is -2.16. The first-order chi connectivity index (χ1) is 9.63. The lowest BCUT2D eigenvalue weighted by Crippen LogP contribution is -2.32. The van der Waals surface area contributed by atoms with Gasteiger partial charge in [0.15, 0.2) is 0 Å². The highest BCUT2D eigenvalue weighted by molar-refractivity contribution is 7.16. The number of nitrogens with one attached hydrogen (secondary N) is 1. The molecule has 20 heavy (non-hydrogen) atoms. The van der Waals surface area contributed by atoms with Gasteiger partial charge in [0.25, 0.3) is 0 Å². The summed E-state index contributed by atoms with van der Waals surface area (Å²) in [5.41, 5.74) is 0. The summed E-state index contributed by atoms with van der Waals surface area (Å²) in [6.45, 7) is 5.94. The smallest absolute Gasteiger partial charge is 0.0931 e. The van der Waals surface area contributed by atoms with Crippen LogP contribution in [0.3, 0.4) is 0 Å². The van der Waals surface area contributed by atoms with Gasteiger partial charge in [0.1, 0.15) is 0 Å². The van der Waals surface area contributed by atoms with Gasteiger partial charge in [-0.1, -0.05) is 37.8 Å². The Morgan fingerprint density at radius 2 is 2.15 bits per heavy atom. The minimum atomic E-state index is -0.459. The van der Waals surface area contributed by atoms with Crippen LogP contribution in [0.5, 0.6) is 0 Å². The summed E-state index contributed by atoms with van der Waals surface area (Å²) in [7, 11) is 0. The Kier molecular flexibility index (Phi) is 9.48. The Morgan fingerprint density at radius 1 is 1.35 bits per heavy atom. The Bertz CT molecular complexity index is 359. The van der Waals surface area contributed by atoms with Gasteiger partial charge in [0.2, 0.25) is 0 Å². The SMILES string of the molecule is CCCCCCOCC(O)CNC(C)c1ccc(Cl)s1. The van der Waals surface area contributed by atoms with Crippen molar-refractivity contribution < 1.29 is 9.84 Å². The maximum absolute atomic E-state index is 9.84. The molecule has 5 heteroatoms. The molecule has 0 radical (unpaired) electrons. The second-order valence-corrected chi connectivity index (χ2v) is 6.81. The van der Waals surface area contributed by atoms with Crippen molar-refractivity contribution in [3.63, 3.8) is 0 Å². The highest BCUT2D eigenvalue weighted by Gasteiger charge is 2.10. The molecule has 0 amide bonds. The van der Waals surface area contributed by atoms with Crippen LogP contribution in [0.1, 0.15) is 50.4 Å². The van der Waals surface area contributed by atoms with E-state index in [1.807, 2.05) is 12.1 Å². The van der Waals surface area contributed by atoms with Gasteiger partial charge in [-0.2, -0.15) is 0 Å². The van der Waals surface area contributed by atoms with Crippen molar-refractivity contribution in [2.24, 2.45) is 0 Å². The van der Waals surface area contributed by atoms with E-state index in [0.29, 0.717) is 13.2 Å². The first-order valence-corrected chi connectivity index (χ1v) is 8.57. The van der Waals surface area contributed by atoms with Crippen molar-refractivity contribution in [1.29, 1.82) is 0 Å². The van der Waals surface area contributed by atoms with Gasteiger partial charge in [0, 0.05) is 24.1 Å². The summed E-state index contributed by atoms with van der Waals surface area (Å²) in [6, 6.07) is 4.11. The van der Waals surface area contributed by atoms with Gasteiger partial charge < -0.3 is 15.2 Å². The fourth-order valence-corrected chi connectivity index (χ4v) is 2.97. The van der Waals surface area contributed by atoms with Gasteiger partial charge in [-0.05, 0) is 25.5 Å². The van der Waals surface area contributed by atoms with E-state index >= 15 is 0 Å². The average Bonchev–Trinajstić information content (AvgIpc) is 2.86. The standard InChI is InChI=1S/C15H26ClNO2S/c1-3-4-5-6-9-19-11-13(18)10-17-12(2)14-7-8-15(16)20-14/h7-8,12-13,17-18H,3-6,9-11H2,1-2H3. The zero-order valence-electron chi connectivity index (χ0n) is 12.4. The average molecular weight is 320 g/mol. The summed E-state index contributed by atoms with van der Waals surface area (Å²) in [4.78, 5) is 1.18. The van der Waals surface area contributed by atoms with Crippen molar-refractivity contribution >= 4 is 22.9 Å². The van der Waals surface area contributed by atoms with Crippen molar-refractivity contribution in [2.75, 3.05) is 19.8 Å². The van der Waals surface area contributed by atoms with Gasteiger partial charge in [-0.3, -0.25) is 0 Å². The number of hydrogen-bond acceptors (Lipinski definition) is 4. The molecule has 0 saturated heterocycles. The number of aliphatic hydroxyl groups is 1. The summed E-state index contributed by atoms with van der Waals surface area (Å²) in [6.07, 6.45) is 4.32. The fourth-order valence-electron chi connectivity index (χ4n) is 1.88. The molecule has 0 spiro atoms. The minimum absolute atomic E-state index is 0.201. The molecule has 2 unspecified atom stereocenters. The summed E-state index contributed by atoms with van der Waals surface area (Å²) in [5.74, 6) is 0. The monoisotopic (exact) mass is 319 g/mol. The molecule has 1 aromatic heterocycles. The van der Waals surface area contributed by atoms with Crippen molar-refractivity contribution in [1.82, 2.24) is 5.32 Å². The first-order valence-electron chi connectivity index (χ1n) is 7.38. The number of rotatable bonds is 11. The lowest BCUT2D eigenvalue weighted by atomic mass is 10.2. The molecule has 1 heterocycles. The van der Waals surface area contributed by atoms with E-state index in [-0.39, 0.29) is 6.04 Å². The molecule has 0 aromatic carbocycles. The van der Waals surface area contributed by atoms with Crippen molar-refractivity contribution in [2.45, 2.75) is 51.7 Å². The number of aliphatic hydroxyl groups excluding tert-OH is 1. The van der Waals surface area contributed by atoms with Gasteiger partial charge in [-0.15, -0.1) is 11.3 Å². The summed E-state index contributed by atoms with van der Waals surface area (Å²) in [5, 5.41) is 13.1. The number of ether oxygens (including phenoxy) is 1. The Hall–Kier alpha value is -0.130. The fraction of sp³-hybridized carbons (Fsp3) is 0.733. The molecule has 2 N–H and O–H groups in total. The number of halogens is 1. The van der Waals surface area contributed by atoms with Crippen molar-refractivity contribution in [3.05, 3.63) is 21.3 Å². The van der Waals surface area contributed by atoms with Crippen LogP contribution in [-0.4, -0.2) is 31.0 Å². The Balaban J connectivity index is 2.06. The number of thiophene rings is 1. The molecule has 1 aromatic rings. The van der Waals surface area contributed by atoms with Crippen LogP contribution in [0.2, 0.25) is 4.34 Å². The second kappa shape index (κ2) is 10.6. The van der Waals surface area contributed by atoms with Crippen LogP contribution >= 0.6 is 22.9 Å². The second-order valence-electron chi connectivity index (χ2n) is 5.06. The van der Waals surface area contributed by atoms with Crippen molar-refractivity contribution in [3.8, 4) is 0 Å². The zero-order valence-corrected chi connectivity index (χ0v) is 14.0. The Morgan fingerprint density at radius 3 is 2.80 bits per heavy atom.